The van der Waals surface area contributed by atoms with Crippen LogP contribution in [0.25, 0.3) is 6.08 Å². The van der Waals surface area contributed by atoms with E-state index in [4.69, 9.17) is 16.3 Å². The SMILES string of the molecule is C/C(=C/c1ccccc1Cl)CC1COCCN1. The number of rotatable bonds is 3. The first kappa shape index (κ1) is 12.6. The average Bonchev–Trinajstić information content (AvgIpc) is 2.33. The molecule has 1 unspecified atom stereocenters. The first-order chi connectivity index (χ1) is 8.25. The Bertz CT molecular complexity index is 397. The Labute approximate surface area is 108 Å². The highest BCUT2D eigenvalue weighted by molar-refractivity contribution is 6.32. The largest absolute Gasteiger partial charge is 0.379 e. The maximum atomic E-state index is 6.13. The topological polar surface area (TPSA) is 21.3 Å². The standard InChI is InChI=1S/C14H18ClNO/c1-11(9-13-10-17-7-6-16-13)8-12-4-2-3-5-14(12)15/h2-5,8,13,16H,6-7,9-10H2,1H3/b11-8-. The minimum Gasteiger partial charge on any atom is -0.379 e. The molecule has 0 aromatic heterocycles. The molecule has 0 aliphatic carbocycles. The molecule has 1 atom stereocenters. The van der Waals surface area contributed by atoms with Crippen LogP contribution in [0.1, 0.15) is 18.9 Å². The van der Waals surface area contributed by atoms with Crippen LogP contribution in [0.4, 0.5) is 0 Å². The van der Waals surface area contributed by atoms with Crippen molar-refractivity contribution in [2.75, 3.05) is 19.8 Å². The fourth-order valence-electron chi connectivity index (χ4n) is 2.06. The molecule has 0 bridgehead atoms. The summed E-state index contributed by atoms with van der Waals surface area (Å²) in [5.74, 6) is 0. The van der Waals surface area contributed by atoms with E-state index < -0.39 is 0 Å². The Kier molecular flexibility index (Phi) is 4.60. The third-order valence-electron chi connectivity index (χ3n) is 2.87. The fraction of sp³-hybridized carbons (Fsp3) is 0.429. The lowest BCUT2D eigenvalue weighted by atomic mass is 10.0. The molecule has 2 rings (SSSR count). The summed E-state index contributed by atoms with van der Waals surface area (Å²) in [6.45, 7) is 4.71. The van der Waals surface area contributed by atoms with E-state index in [9.17, 15) is 0 Å². The maximum absolute atomic E-state index is 6.13. The van der Waals surface area contributed by atoms with Crippen LogP contribution in [0.2, 0.25) is 5.02 Å². The molecule has 1 aliphatic rings. The van der Waals surface area contributed by atoms with Crippen molar-refractivity contribution in [3.8, 4) is 0 Å². The minimum atomic E-state index is 0.433. The molecule has 92 valence electrons. The molecular weight excluding hydrogens is 234 g/mol. The molecule has 0 radical (unpaired) electrons. The van der Waals surface area contributed by atoms with Crippen molar-refractivity contribution in [1.29, 1.82) is 0 Å². The van der Waals surface area contributed by atoms with Crippen LogP contribution >= 0.6 is 11.6 Å². The highest BCUT2D eigenvalue weighted by Gasteiger charge is 2.12. The quantitative estimate of drug-likeness (QED) is 0.891. The zero-order valence-electron chi connectivity index (χ0n) is 10.1. The Morgan fingerprint density at radius 1 is 1.53 bits per heavy atom. The van der Waals surface area contributed by atoms with E-state index in [0.29, 0.717) is 6.04 Å². The molecule has 1 aromatic carbocycles. The summed E-state index contributed by atoms with van der Waals surface area (Å²) in [5, 5.41) is 4.26. The van der Waals surface area contributed by atoms with Gasteiger partial charge in [0.1, 0.15) is 0 Å². The monoisotopic (exact) mass is 251 g/mol. The maximum Gasteiger partial charge on any atom is 0.0623 e. The molecule has 3 heteroatoms. The molecule has 1 aromatic rings. The summed E-state index contributed by atoms with van der Waals surface area (Å²) in [4.78, 5) is 0. The van der Waals surface area contributed by atoms with Crippen molar-refractivity contribution in [1.82, 2.24) is 5.32 Å². The molecule has 2 nitrogen and oxygen atoms in total. The van der Waals surface area contributed by atoms with E-state index in [1.165, 1.54) is 5.57 Å². The lowest BCUT2D eigenvalue weighted by Gasteiger charge is -2.24. The molecule has 1 aliphatic heterocycles. The Balaban J connectivity index is 1.99. The van der Waals surface area contributed by atoms with Gasteiger partial charge in [-0.15, -0.1) is 0 Å². The summed E-state index contributed by atoms with van der Waals surface area (Å²) < 4.78 is 5.44. The van der Waals surface area contributed by atoms with Crippen molar-refractivity contribution in [3.05, 3.63) is 40.4 Å². The normalized spacial score (nSPS) is 21.5. The van der Waals surface area contributed by atoms with Gasteiger partial charge in [0.15, 0.2) is 0 Å². The van der Waals surface area contributed by atoms with Gasteiger partial charge in [0.05, 0.1) is 13.2 Å². The molecule has 1 heterocycles. The lowest BCUT2D eigenvalue weighted by molar-refractivity contribution is 0.0771. The van der Waals surface area contributed by atoms with Gasteiger partial charge in [0.25, 0.3) is 0 Å². The molecule has 0 amide bonds. The number of halogens is 1. The molecule has 17 heavy (non-hydrogen) atoms. The van der Waals surface area contributed by atoms with Gasteiger partial charge >= 0.3 is 0 Å². The van der Waals surface area contributed by atoms with E-state index in [0.717, 1.165) is 36.8 Å². The van der Waals surface area contributed by atoms with Gasteiger partial charge in [-0.2, -0.15) is 0 Å². The third kappa shape index (κ3) is 3.84. The predicted octanol–water partition coefficient (Wildman–Crippen LogP) is 3.12. The second kappa shape index (κ2) is 6.20. The predicted molar refractivity (Wildman–Crippen MR) is 72.3 cm³/mol. The molecule has 1 fully saturated rings. The summed E-state index contributed by atoms with van der Waals surface area (Å²) in [5.41, 5.74) is 2.41. The lowest BCUT2D eigenvalue weighted by Crippen LogP contribution is -2.41. The molecule has 0 spiro atoms. The zero-order chi connectivity index (χ0) is 12.1. The van der Waals surface area contributed by atoms with Crippen LogP contribution in [0, 0.1) is 0 Å². The Morgan fingerprint density at radius 3 is 3.06 bits per heavy atom. The number of benzene rings is 1. The van der Waals surface area contributed by atoms with Gasteiger partial charge in [0, 0.05) is 17.6 Å². The van der Waals surface area contributed by atoms with Gasteiger partial charge in [0.2, 0.25) is 0 Å². The first-order valence-electron chi connectivity index (χ1n) is 5.98. The van der Waals surface area contributed by atoms with Gasteiger partial charge < -0.3 is 10.1 Å². The molecular formula is C14H18ClNO. The van der Waals surface area contributed by atoms with Crippen LogP contribution in [0.5, 0.6) is 0 Å². The molecule has 0 saturated carbocycles. The second-order valence-corrected chi connectivity index (χ2v) is 4.85. The van der Waals surface area contributed by atoms with Crippen molar-refractivity contribution in [3.63, 3.8) is 0 Å². The van der Waals surface area contributed by atoms with Gasteiger partial charge in [-0.1, -0.05) is 41.4 Å². The van der Waals surface area contributed by atoms with Crippen LogP contribution in [-0.4, -0.2) is 25.8 Å². The molecule has 1 N–H and O–H groups in total. The minimum absolute atomic E-state index is 0.433. The number of nitrogens with one attached hydrogen (secondary N) is 1. The fourth-order valence-corrected chi connectivity index (χ4v) is 2.25. The second-order valence-electron chi connectivity index (χ2n) is 4.44. The zero-order valence-corrected chi connectivity index (χ0v) is 10.8. The van der Waals surface area contributed by atoms with E-state index in [1.807, 2.05) is 24.3 Å². The highest BCUT2D eigenvalue weighted by atomic mass is 35.5. The number of hydrogen-bond acceptors (Lipinski definition) is 2. The highest BCUT2D eigenvalue weighted by Crippen LogP contribution is 2.19. The number of morpholine rings is 1. The van der Waals surface area contributed by atoms with E-state index >= 15 is 0 Å². The van der Waals surface area contributed by atoms with Crippen LogP contribution < -0.4 is 5.32 Å². The Morgan fingerprint density at radius 2 is 2.35 bits per heavy atom. The molecule has 1 saturated heterocycles. The van der Waals surface area contributed by atoms with E-state index in [-0.39, 0.29) is 0 Å². The average molecular weight is 252 g/mol. The van der Waals surface area contributed by atoms with Crippen molar-refractivity contribution < 1.29 is 4.74 Å². The van der Waals surface area contributed by atoms with Crippen molar-refractivity contribution >= 4 is 17.7 Å². The van der Waals surface area contributed by atoms with Gasteiger partial charge in [-0.3, -0.25) is 0 Å². The van der Waals surface area contributed by atoms with Crippen molar-refractivity contribution in [2.24, 2.45) is 0 Å². The summed E-state index contributed by atoms with van der Waals surface area (Å²) in [6, 6.07) is 8.35. The van der Waals surface area contributed by atoms with Crippen molar-refractivity contribution in [2.45, 2.75) is 19.4 Å². The van der Waals surface area contributed by atoms with Crippen LogP contribution in [0.3, 0.4) is 0 Å². The van der Waals surface area contributed by atoms with Gasteiger partial charge in [-0.05, 0) is 25.0 Å². The number of hydrogen-bond donors (Lipinski definition) is 1. The van der Waals surface area contributed by atoms with Crippen LogP contribution in [-0.2, 0) is 4.74 Å². The van der Waals surface area contributed by atoms with Gasteiger partial charge in [-0.25, -0.2) is 0 Å². The summed E-state index contributed by atoms with van der Waals surface area (Å²) in [6.07, 6.45) is 3.16. The summed E-state index contributed by atoms with van der Waals surface area (Å²) >= 11 is 6.13. The number of ether oxygens (including phenoxy) is 1. The summed E-state index contributed by atoms with van der Waals surface area (Å²) in [7, 11) is 0. The van der Waals surface area contributed by atoms with E-state index in [2.05, 4.69) is 18.3 Å². The third-order valence-corrected chi connectivity index (χ3v) is 3.22. The Hall–Kier alpha value is -0.830. The first-order valence-corrected chi connectivity index (χ1v) is 6.36. The smallest absolute Gasteiger partial charge is 0.0623 e. The van der Waals surface area contributed by atoms with Crippen LogP contribution in [0.15, 0.2) is 29.8 Å². The van der Waals surface area contributed by atoms with E-state index in [1.54, 1.807) is 0 Å².